The van der Waals surface area contributed by atoms with Gasteiger partial charge in [0, 0.05) is 25.7 Å². The number of hydrogen-bond donors (Lipinski definition) is 1. The van der Waals surface area contributed by atoms with Gasteiger partial charge in [-0.05, 0) is 12.6 Å². The molecule has 1 atom stereocenters. The first-order valence-corrected chi connectivity index (χ1v) is 4.83. The van der Waals surface area contributed by atoms with E-state index in [9.17, 15) is 0 Å². The fraction of sp³-hybridized carbons (Fsp3) is 0.455. The SMILES string of the molecule is CN1CCN[C@@H](c2ccccc2)C1.Cl.Cl. The Morgan fingerprint density at radius 2 is 1.87 bits per heavy atom. The lowest BCUT2D eigenvalue weighted by molar-refractivity contribution is 0.241. The van der Waals surface area contributed by atoms with Crippen molar-refractivity contribution in [3.05, 3.63) is 35.9 Å². The molecule has 1 saturated heterocycles. The number of piperazine rings is 1. The van der Waals surface area contributed by atoms with Crippen molar-refractivity contribution in [1.82, 2.24) is 10.2 Å². The normalized spacial score (nSPS) is 21.3. The summed E-state index contributed by atoms with van der Waals surface area (Å²) < 4.78 is 0. The second-order valence-corrected chi connectivity index (χ2v) is 3.68. The lowest BCUT2D eigenvalue weighted by Gasteiger charge is -2.31. The molecule has 0 radical (unpaired) electrons. The molecule has 1 aliphatic heterocycles. The number of benzene rings is 1. The molecule has 0 saturated carbocycles. The second-order valence-electron chi connectivity index (χ2n) is 3.68. The number of hydrogen-bond acceptors (Lipinski definition) is 2. The highest BCUT2D eigenvalue weighted by molar-refractivity contribution is 5.85. The summed E-state index contributed by atoms with van der Waals surface area (Å²) in [5.41, 5.74) is 1.40. The van der Waals surface area contributed by atoms with Gasteiger partial charge in [0.2, 0.25) is 0 Å². The van der Waals surface area contributed by atoms with E-state index in [1.807, 2.05) is 0 Å². The average Bonchev–Trinajstić information content (AvgIpc) is 2.19. The summed E-state index contributed by atoms with van der Waals surface area (Å²) in [5.74, 6) is 0. The Labute approximate surface area is 104 Å². The summed E-state index contributed by atoms with van der Waals surface area (Å²) in [7, 11) is 2.18. The van der Waals surface area contributed by atoms with E-state index < -0.39 is 0 Å². The van der Waals surface area contributed by atoms with E-state index in [4.69, 9.17) is 0 Å². The minimum absolute atomic E-state index is 0. The van der Waals surface area contributed by atoms with Gasteiger partial charge in [-0.1, -0.05) is 30.3 Å². The van der Waals surface area contributed by atoms with Gasteiger partial charge in [-0.3, -0.25) is 0 Å². The highest BCUT2D eigenvalue weighted by Crippen LogP contribution is 2.15. The fourth-order valence-electron chi connectivity index (χ4n) is 1.81. The Hall–Kier alpha value is -0.280. The van der Waals surface area contributed by atoms with Crippen molar-refractivity contribution >= 4 is 24.8 Å². The molecule has 2 nitrogen and oxygen atoms in total. The molecule has 4 heteroatoms. The largest absolute Gasteiger partial charge is 0.308 e. The molecule has 15 heavy (non-hydrogen) atoms. The fourth-order valence-corrected chi connectivity index (χ4v) is 1.81. The van der Waals surface area contributed by atoms with Crippen LogP contribution in [-0.2, 0) is 0 Å². The van der Waals surface area contributed by atoms with Crippen LogP contribution >= 0.6 is 24.8 Å². The molecule has 2 rings (SSSR count). The molecule has 1 aromatic rings. The number of likely N-dealkylation sites (N-methyl/N-ethyl adjacent to an activating group) is 1. The molecule has 0 unspecified atom stereocenters. The predicted octanol–water partition coefficient (Wildman–Crippen LogP) is 2.11. The summed E-state index contributed by atoms with van der Waals surface area (Å²) in [5, 5.41) is 3.52. The third-order valence-electron chi connectivity index (χ3n) is 2.58. The molecule has 1 fully saturated rings. The zero-order chi connectivity index (χ0) is 9.10. The Morgan fingerprint density at radius 1 is 1.20 bits per heavy atom. The standard InChI is InChI=1S/C11H16N2.2ClH/c1-13-8-7-12-11(9-13)10-5-3-2-4-6-10;;/h2-6,11-12H,7-9H2,1H3;2*1H/t11-;;/m1../s1. The first-order chi connectivity index (χ1) is 6.36. The minimum atomic E-state index is 0. The Bertz CT molecular complexity index is 267. The molecule has 0 aliphatic carbocycles. The lowest BCUT2D eigenvalue weighted by atomic mass is 10.1. The number of rotatable bonds is 1. The van der Waals surface area contributed by atoms with Gasteiger partial charge >= 0.3 is 0 Å². The van der Waals surface area contributed by atoms with Crippen LogP contribution in [0.15, 0.2) is 30.3 Å². The maximum absolute atomic E-state index is 3.52. The van der Waals surface area contributed by atoms with Crippen LogP contribution in [0.2, 0.25) is 0 Å². The summed E-state index contributed by atoms with van der Waals surface area (Å²) in [6, 6.07) is 11.2. The van der Waals surface area contributed by atoms with Crippen LogP contribution in [0, 0.1) is 0 Å². The quantitative estimate of drug-likeness (QED) is 0.820. The second kappa shape index (κ2) is 7.07. The first kappa shape index (κ1) is 14.7. The maximum Gasteiger partial charge on any atom is 0.0449 e. The minimum Gasteiger partial charge on any atom is -0.308 e. The first-order valence-electron chi connectivity index (χ1n) is 4.83. The third kappa shape index (κ3) is 3.99. The van der Waals surface area contributed by atoms with Gasteiger partial charge in [0.05, 0.1) is 0 Å². The highest BCUT2D eigenvalue weighted by atomic mass is 35.5. The van der Waals surface area contributed by atoms with Crippen LogP contribution in [-0.4, -0.2) is 31.6 Å². The molecule has 86 valence electrons. The van der Waals surface area contributed by atoms with Gasteiger partial charge in [-0.2, -0.15) is 0 Å². The lowest BCUT2D eigenvalue weighted by Crippen LogP contribution is -2.43. The van der Waals surface area contributed by atoms with Gasteiger partial charge < -0.3 is 10.2 Å². The molecule has 1 aromatic carbocycles. The van der Waals surface area contributed by atoms with E-state index in [0.717, 1.165) is 19.6 Å². The summed E-state index contributed by atoms with van der Waals surface area (Å²) in [6.07, 6.45) is 0. The zero-order valence-electron chi connectivity index (χ0n) is 8.85. The van der Waals surface area contributed by atoms with Crippen LogP contribution in [0.3, 0.4) is 0 Å². The molecule has 1 heterocycles. The van der Waals surface area contributed by atoms with Crippen LogP contribution in [0.25, 0.3) is 0 Å². The van der Waals surface area contributed by atoms with E-state index in [1.54, 1.807) is 0 Å². The van der Waals surface area contributed by atoms with E-state index in [-0.39, 0.29) is 24.8 Å². The van der Waals surface area contributed by atoms with Crippen LogP contribution < -0.4 is 5.32 Å². The molecule has 0 bridgehead atoms. The van der Waals surface area contributed by atoms with E-state index >= 15 is 0 Å². The monoisotopic (exact) mass is 248 g/mol. The van der Waals surface area contributed by atoms with Crippen molar-refractivity contribution in [2.75, 3.05) is 26.7 Å². The number of nitrogens with zero attached hydrogens (tertiary/aromatic N) is 1. The smallest absolute Gasteiger partial charge is 0.0449 e. The van der Waals surface area contributed by atoms with Gasteiger partial charge in [-0.25, -0.2) is 0 Å². The molecule has 0 aromatic heterocycles. The van der Waals surface area contributed by atoms with Crippen LogP contribution in [0.5, 0.6) is 0 Å². The van der Waals surface area contributed by atoms with Gasteiger partial charge in [0.1, 0.15) is 0 Å². The Morgan fingerprint density at radius 3 is 2.47 bits per heavy atom. The van der Waals surface area contributed by atoms with E-state index in [1.165, 1.54) is 5.56 Å². The van der Waals surface area contributed by atoms with Crippen molar-refractivity contribution in [2.45, 2.75) is 6.04 Å². The Balaban J connectivity index is 0.000000980. The van der Waals surface area contributed by atoms with Crippen molar-refractivity contribution in [3.8, 4) is 0 Å². The zero-order valence-corrected chi connectivity index (χ0v) is 10.5. The van der Waals surface area contributed by atoms with Gasteiger partial charge in [-0.15, -0.1) is 24.8 Å². The van der Waals surface area contributed by atoms with Crippen LogP contribution in [0.4, 0.5) is 0 Å². The van der Waals surface area contributed by atoms with Crippen LogP contribution in [0.1, 0.15) is 11.6 Å². The molecular formula is C11H18Cl2N2. The molecule has 0 spiro atoms. The van der Waals surface area contributed by atoms with Crippen molar-refractivity contribution < 1.29 is 0 Å². The Kier molecular flexibility index (Phi) is 6.94. The van der Waals surface area contributed by atoms with Gasteiger partial charge in [0.25, 0.3) is 0 Å². The van der Waals surface area contributed by atoms with E-state index in [2.05, 4.69) is 47.6 Å². The maximum atomic E-state index is 3.52. The predicted molar refractivity (Wildman–Crippen MR) is 69.2 cm³/mol. The molecule has 1 N–H and O–H groups in total. The summed E-state index contributed by atoms with van der Waals surface area (Å²) >= 11 is 0. The van der Waals surface area contributed by atoms with Gasteiger partial charge in [0.15, 0.2) is 0 Å². The average molecular weight is 249 g/mol. The number of nitrogens with one attached hydrogen (secondary N) is 1. The molecule has 0 amide bonds. The third-order valence-corrected chi connectivity index (χ3v) is 2.58. The van der Waals surface area contributed by atoms with Crippen molar-refractivity contribution in [3.63, 3.8) is 0 Å². The van der Waals surface area contributed by atoms with E-state index in [0.29, 0.717) is 6.04 Å². The van der Waals surface area contributed by atoms with Crippen molar-refractivity contribution in [1.29, 1.82) is 0 Å². The molecule has 1 aliphatic rings. The topological polar surface area (TPSA) is 15.3 Å². The molecular weight excluding hydrogens is 231 g/mol. The van der Waals surface area contributed by atoms with Crippen molar-refractivity contribution in [2.24, 2.45) is 0 Å². The highest BCUT2D eigenvalue weighted by Gasteiger charge is 2.16. The number of halogens is 2. The summed E-state index contributed by atoms with van der Waals surface area (Å²) in [6.45, 7) is 3.36. The summed E-state index contributed by atoms with van der Waals surface area (Å²) in [4.78, 5) is 2.37.